The molecule has 4 aromatic rings. The Morgan fingerprint density at radius 1 is 0.970 bits per heavy atom. The number of carbonyl (C=O) groups is 2. The number of aliphatic hydroxyl groups excluding tert-OH is 1. The van der Waals surface area contributed by atoms with Gasteiger partial charge >= 0.3 is 0 Å². The van der Waals surface area contributed by atoms with E-state index in [9.17, 15) is 14.7 Å². The number of amides is 1. The highest BCUT2D eigenvalue weighted by atomic mass is 32.1. The molecule has 0 saturated heterocycles. The van der Waals surface area contributed by atoms with Crippen molar-refractivity contribution < 1.29 is 14.7 Å². The third kappa shape index (κ3) is 3.62. The summed E-state index contributed by atoms with van der Waals surface area (Å²) in [5.41, 5.74) is 3.15. The van der Waals surface area contributed by atoms with Crippen molar-refractivity contribution in [3.05, 3.63) is 107 Å². The smallest absolute Gasteiger partial charge is 0.296 e. The molecule has 2 heterocycles. The molecule has 1 aromatic heterocycles. The number of ketones is 1. The molecular weight excluding hydrogens is 432 g/mol. The van der Waals surface area contributed by atoms with E-state index < -0.39 is 17.7 Å². The van der Waals surface area contributed by atoms with Gasteiger partial charge in [0.1, 0.15) is 0 Å². The van der Waals surface area contributed by atoms with Gasteiger partial charge in [-0.05, 0) is 29.2 Å². The van der Waals surface area contributed by atoms with Gasteiger partial charge in [0.2, 0.25) is 0 Å². The number of para-hydroxylation sites is 1. The second-order valence-electron chi connectivity index (χ2n) is 8.32. The number of rotatable bonds is 5. The number of fused-ring (bicyclic) bond motifs is 1. The third-order valence-electron chi connectivity index (χ3n) is 5.90. The lowest BCUT2D eigenvalue weighted by Gasteiger charge is -2.25. The first-order valence-corrected chi connectivity index (χ1v) is 11.6. The van der Waals surface area contributed by atoms with E-state index in [0.29, 0.717) is 16.6 Å². The van der Waals surface area contributed by atoms with Crippen molar-refractivity contribution >= 4 is 38.4 Å². The summed E-state index contributed by atoms with van der Waals surface area (Å²) in [5, 5.41) is 11.4. The number of anilines is 1. The predicted octanol–water partition coefficient (Wildman–Crippen LogP) is 6.20. The lowest BCUT2D eigenvalue weighted by atomic mass is 9.91. The zero-order valence-corrected chi connectivity index (χ0v) is 19.0. The van der Waals surface area contributed by atoms with Gasteiger partial charge in [0.25, 0.3) is 5.91 Å². The second kappa shape index (κ2) is 8.30. The Bertz CT molecular complexity index is 1350. The second-order valence-corrected chi connectivity index (χ2v) is 9.33. The van der Waals surface area contributed by atoms with Gasteiger partial charge in [-0.25, -0.2) is 4.98 Å². The maximum Gasteiger partial charge on any atom is 0.296 e. The number of benzene rings is 3. The summed E-state index contributed by atoms with van der Waals surface area (Å²) < 4.78 is 0.927. The van der Waals surface area contributed by atoms with Gasteiger partial charge in [0.15, 0.2) is 16.7 Å². The highest BCUT2D eigenvalue weighted by Crippen LogP contribution is 2.44. The molecule has 1 atom stereocenters. The largest absolute Gasteiger partial charge is 0.503 e. The average molecular weight is 455 g/mol. The topological polar surface area (TPSA) is 70.5 Å². The molecule has 5 rings (SSSR count). The molecule has 1 aliphatic rings. The summed E-state index contributed by atoms with van der Waals surface area (Å²) in [6.07, 6.45) is 0. The lowest BCUT2D eigenvalue weighted by Crippen LogP contribution is -2.31. The van der Waals surface area contributed by atoms with Crippen LogP contribution in [0.4, 0.5) is 5.13 Å². The number of aliphatic hydroxyl groups is 1. The summed E-state index contributed by atoms with van der Waals surface area (Å²) in [6.45, 7) is 4.22. The first-order chi connectivity index (χ1) is 16.0. The van der Waals surface area contributed by atoms with Gasteiger partial charge in [-0.1, -0.05) is 91.9 Å². The Hall–Kier alpha value is -3.77. The van der Waals surface area contributed by atoms with Crippen molar-refractivity contribution in [2.24, 2.45) is 0 Å². The molecule has 0 saturated carbocycles. The molecule has 0 spiro atoms. The molecule has 164 valence electrons. The molecule has 3 aromatic carbocycles. The van der Waals surface area contributed by atoms with Gasteiger partial charge in [-0.15, -0.1) is 0 Å². The standard InChI is InChI=1S/C27H22N2O3S/c1-16(2)17-12-14-18(15-13-17)23-22(24(30)19-8-4-3-5-9-19)25(31)26(32)29(23)27-28-20-10-6-7-11-21(20)33-27/h3-16,23,31H,1-2H3. The van der Waals surface area contributed by atoms with Crippen molar-refractivity contribution in [1.29, 1.82) is 0 Å². The Morgan fingerprint density at radius 2 is 1.64 bits per heavy atom. The van der Waals surface area contributed by atoms with E-state index in [2.05, 4.69) is 18.8 Å². The van der Waals surface area contributed by atoms with E-state index in [-0.39, 0.29) is 11.4 Å². The van der Waals surface area contributed by atoms with Crippen molar-refractivity contribution in [1.82, 2.24) is 4.98 Å². The van der Waals surface area contributed by atoms with E-state index in [0.717, 1.165) is 21.3 Å². The van der Waals surface area contributed by atoms with Gasteiger partial charge in [-0.2, -0.15) is 0 Å². The molecule has 0 radical (unpaired) electrons. The molecule has 6 heteroatoms. The third-order valence-corrected chi connectivity index (χ3v) is 6.93. The number of aromatic nitrogens is 1. The molecule has 0 bridgehead atoms. The molecule has 1 unspecified atom stereocenters. The van der Waals surface area contributed by atoms with E-state index >= 15 is 0 Å². The van der Waals surface area contributed by atoms with Crippen molar-refractivity contribution in [2.45, 2.75) is 25.8 Å². The monoisotopic (exact) mass is 454 g/mol. The zero-order valence-electron chi connectivity index (χ0n) is 18.2. The van der Waals surface area contributed by atoms with Crippen LogP contribution in [0.25, 0.3) is 10.2 Å². The summed E-state index contributed by atoms with van der Waals surface area (Å²) in [7, 11) is 0. The van der Waals surface area contributed by atoms with Crippen LogP contribution < -0.4 is 4.90 Å². The SMILES string of the molecule is CC(C)c1ccc(C2C(C(=O)c3ccccc3)=C(O)C(=O)N2c2nc3ccccc3s2)cc1. The van der Waals surface area contributed by atoms with E-state index in [4.69, 9.17) is 0 Å². The average Bonchev–Trinajstić information content (AvgIpc) is 3.38. The highest BCUT2D eigenvalue weighted by molar-refractivity contribution is 7.22. The predicted molar refractivity (Wildman–Crippen MR) is 131 cm³/mol. The summed E-state index contributed by atoms with van der Waals surface area (Å²) >= 11 is 1.36. The molecule has 33 heavy (non-hydrogen) atoms. The number of nitrogens with zero attached hydrogens (tertiary/aromatic N) is 2. The quantitative estimate of drug-likeness (QED) is 0.364. The van der Waals surface area contributed by atoms with Crippen LogP contribution in [0.1, 0.15) is 47.3 Å². The Morgan fingerprint density at radius 3 is 2.30 bits per heavy atom. The van der Waals surface area contributed by atoms with E-state index in [1.807, 2.05) is 54.6 Å². The molecule has 1 amide bonds. The van der Waals surface area contributed by atoms with Crippen LogP contribution in [0.3, 0.4) is 0 Å². The normalized spacial score (nSPS) is 16.3. The van der Waals surface area contributed by atoms with Crippen LogP contribution in [0.15, 0.2) is 90.2 Å². The van der Waals surface area contributed by atoms with Crippen molar-refractivity contribution in [2.75, 3.05) is 4.90 Å². The van der Waals surface area contributed by atoms with Crippen molar-refractivity contribution in [3.63, 3.8) is 0 Å². The van der Waals surface area contributed by atoms with Gasteiger partial charge in [0.05, 0.1) is 21.8 Å². The number of hydrogen-bond donors (Lipinski definition) is 1. The summed E-state index contributed by atoms with van der Waals surface area (Å²) in [4.78, 5) is 32.9. The fourth-order valence-electron chi connectivity index (χ4n) is 4.12. The minimum absolute atomic E-state index is 0.0720. The van der Waals surface area contributed by atoms with Crippen LogP contribution in [0.5, 0.6) is 0 Å². The zero-order chi connectivity index (χ0) is 23.1. The minimum atomic E-state index is -0.771. The first kappa shape index (κ1) is 21.1. The van der Waals surface area contributed by atoms with Crippen LogP contribution in [0.2, 0.25) is 0 Å². The van der Waals surface area contributed by atoms with Crippen LogP contribution in [-0.2, 0) is 4.79 Å². The van der Waals surface area contributed by atoms with E-state index in [1.54, 1.807) is 24.3 Å². The fourth-order valence-corrected chi connectivity index (χ4v) is 5.11. The first-order valence-electron chi connectivity index (χ1n) is 10.8. The Balaban J connectivity index is 1.67. The molecule has 0 fully saturated rings. The number of Topliss-reactive ketones (excluding diaryl/α,β-unsaturated/α-hetero) is 1. The van der Waals surface area contributed by atoms with Gasteiger partial charge < -0.3 is 5.11 Å². The molecule has 1 N–H and O–H groups in total. The summed E-state index contributed by atoms with van der Waals surface area (Å²) in [6, 6.07) is 23.4. The Labute approximate surface area is 195 Å². The van der Waals surface area contributed by atoms with Crippen molar-refractivity contribution in [3.8, 4) is 0 Å². The lowest BCUT2D eigenvalue weighted by molar-refractivity contribution is -0.117. The van der Waals surface area contributed by atoms with Crippen LogP contribution in [0, 0.1) is 0 Å². The van der Waals surface area contributed by atoms with Crippen LogP contribution >= 0.6 is 11.3 Å². The number of carbonyl (C=O) groups excluding carboxylic acids is 2. The maximum atomic E-state index is 13.5. The fraction of sp³-hybridized carbons (Fsp3) is 0.148. The number of hydrogen-bond acceptors (Lipinski definition) is 5. The molecular formula is C27H22N2O3S. The van der Waals surface area contributed by atoms with Gasteiger partial charge in [-0.3, -0.25) is 14.5 Å². The highest BCUT2D eigenvalue weighted by Gasteiger charge is 2.45. The van der Waals surface area contributed by atoms with E-state index in [1.165, 1.54) is 16.2 Å². The summed E-state index contributed by atoms with van der Waals surface area (Å²) in [5.74, 6) is -1.17. The van der Waals surface area contributed by atoms with Gasteiger partial charge in [0, 0.05) is 5.56 Å². The Kier molecular flexibility index (Phi) is 5.30. The number of thiazole rings is 1. The molecule has 5 nitrogen and oxygen atoms in total. The minimum Gasteiger partial charge on any atom is -0.503 e. The molecule has 1 aliphatic heterocycles. The molecule has 0 aliphatic carbocycles. The maximum absolute atomic E-state index is 13.5. The van der Waals surface area contributed by atoms with Crippen LogP contribution in [-0.4, -0.2) is 21.8 Å².